The van der Waals surface area contributed by atoms with Crippen LogP contribution in [0.3, 0.4) is 0 Å². The molecule has 0 saturated heterocycles. The van der Waals surface area contributed by atoms with E-state index in [1.54, 1.807) is 0 Å². The Morgan fingerprint density at radius 3 is 2.67 bits per heavy atom. The predicted octanol–water partition coefficient (Wildman–Crippen LogP) is 3.37. The van der Waals surface area contributed by atoms with E-state index in [1.807, 2.05) is 36.9 Å². The van der Waals surface area contributed by atoms with Gasteiger partial charge >= 0.3 is 0 Å². The molecule has 4 nitrogen and oxygen atoms in total. The molecule has 2 aromatic heterocycles. The molecule has 2 aromatic rings. The van der Waals surface area contributed by atoms with Gasteiger partial charge in [0.25, 0.3) is 0 Å². The van der Waals surface area contributed by atoms with Crippen LogP contribution in [0.25, 0.3) is 0 Å². The Labute approximate surface area is 131 Å². The van der Waals surface area contributed by atoms with Gasteiger partial charge in [-0.1, -0.05) is 27.7 Å². The number of imidazole rings is 1. The average molecular weight is 306 g/mol. The van der Waals surface area contributed by atoms with Gasteiger partial charge in [0.2, 0.25) is 0 Å². The average Bonchev–Trinajstić information content (AvgIpc) is 2.99. The molecule has 0 amide bonds. The first kappa shape index (κ1) is 16.2. The molecule has 0 radical (unpaired) electrons. The molecule has 0 fully saturated rings. The summed E-state index contributed by atoms with van der Waals surface area (Å²) in [7, 11) is 0. The van der Waals surface area contributed by atoms with Crippen LogP contribution in [-0.4, -0.2) is 21.1 Å². The molecule has 2 rings (SSSR count). The summed E-state index contributed by atoms with van der Waals surface area (Å²) < 4.78 is 2.21. The highest BCUT2D eigenvalue weighted by Crippen LogP contribution is 2.26. The number of nitrogens with zero attached hydrogens (tertiary/aromatic N) is 3. The third-order valence-electron chi connectivity index (χ3n) is 3.42. The first-order valence-electron chi connectivity index (χ1n) is 7.50. The Kier molecular flexibility index (Phi) is 5.17. The molecule has 0 aromatic carbocycles. The van der Waals surface area contributed by atoms with Crippen molar-refractivity contribution in [1.29, 1.82) is 0 Å². The molecule has 1 atom stereocenters. The maximum atomic E-state index is 4.52. The second-order valence-corrected chi connectivity index (χ2v) is 7.86. The van der Waals surface area contributed by atoms with E-state index in [2.05, 4.69) is 47.5 Å². The molecule has 5 heteroatoms. The maximum absolute atomic E-state index is 4.52. The zero-order chi connectivity index (χ0) is 15.5. The van der Waals surface area contributed by atoms with Gasteiger partial charge in [0.15, 0.2) is 0 Å². The summed E-state index contributed by atoms with van der Waals surface area (Å²) in [5, 5.41) is 4.74. The van der Waals surface area contributed by atoms with Crippen molar-refractivity contribution in [2.24, 2.45) is 5.92 Å². The maximum Gasteiger partial charge on any atom is 0.105 e. The van der Waals surface area contributed by atoms with Crippen molar-refractivity contribution in [2.45, 2.75) is 53.1 Å². The van der Waals surface area contributed by atoms with Gasteiger partial charge in [-0.05, 0) is 19.4 Å². The van der Waals surface area contributed by atoms with E-state index in [9.17, 15) is 0 Å². The van der Waals surface area contributed by atoms with Gasteiger partial charge in [0.05, 0.1) is 5.01 Å². The van der Waals surface area contributed by atoms with Crippen LogP contribution in [0.5, 0.6) is 0 Å². The molecule has 1 unspecified atom stereocenters. The van der Waals surface area contributed by atoms with E-state index < -0.39 is 0 Å². The lowest BCUT2D eigenvalue weighted by Gasteiger charge is -2.14. The molecule has 0 saturated carbocycles. The number of thiazole rings is 1. The van der Waals surface area contributed by atoms with Gasteiger partial charge in [-0.3, -0.25) is 0 Å². The normalized spacial score (nSPS) is 13.6. The van der Waals surface area contributed by atoms with Gasteiger partial charge < -0.3 is 9.88 Å². The second kappa shape index (κ2) is 6.71. The highest BCUT2D eigenvalue weighted by molar-refractivity contribution is 7.11. The molecular weight excluding hydrogens is 280 g/mol. The first-order valence-corrected chi connectivity index (χ1v) is 8.31. The summed E-state index contributed by atoms with van der Waals surface area (Å²) in [6.07, 6.45) is 5.91. The van der Waals surface area contributed by atoms with Gasteiger partial charge in [0.1, 0.15) is 5.82 Å². The van der Waals surface area contributed by atoms with E-state index in [4.69, 9.17) is 0 Å². The first-order chi connectivity index (χ1) is 9.86. The summed E-state index contributed by atoms with van der Waals surface area (Å²) in [5.41, 5.74) is 0.148. The monoisotopic (exact) mass is 306 g/mol. The standard InChI is InChI=1S/C16H26N4S/c1-12(11-20-7-6-18-13(20)2)8-17-9-14-10-19-15(21-14)16(3,4)5/h6-7,10,12,17H,8-9,11H2,1-5H3. The summed E-state index contributed by atoms with van der Waals surface area (Å²) in [4.78, 5) is 10.1. The van der Waals surface area contributed by atoms with E-state index in [-0.39, 0.29) is 5.41 Å². The lowest BCUT2D eigenvalue weighted by molar-refractivity contribution is 0.441. The van der Waals surface area contributed by atoms with E-state index in [0.29, 0.717) is 5.92 Å². The molecule has 21 heavy (non-hydrogen) atoms. The van der Waals surface area contributed by atoms with Crippen molar-refractivity contribution in [3.05, 3.63) is 34.3 Å². The van der Waals surface area contributed by atoms with Gasteiger partial charge in [-0.2, -0.15) is 0 Å². The van der Waals surface area contributed by atoms with Crippen molar-refractivity contribution in [3.8, 4) is 0 Å². The minimum atomic E-state index is 0.148. The fraction of sp³-hybridized carbons (Fsp3) is 0.625. The smallest absolute Gasteiger partial charge is 0.105 e. The molecular formula is C16H26N4S. The third kappa shape index (κ3) is 4.64. The highest BCUT2D eigenvalue weighted by Gasteiger charge is 2.17. The van der Waals surface area contributed by atoms with Crippen LogP contribution >= 0.6 is 11.3 Å². The Hall–Kier alpha value is -1.20. The highest BCUT2D eigenvalue weighted by atomic mass is 32.1. The predicted molar refractivity (Wildman–Crippen MR) is 88.6 cm³/mol. The summed E-state index contributed by atoms with van der Waals surface area (Å²) in [6, 6.07) is 0. The minimum Gasteiger partial charge on any atom is -0.335 e. The Morgan fingerprint density at radius 2 is 2.10 bits per heavy atom. The van der Waals surface area contributed by atoms with Crippen LogP contribution in [0.15, 0.2) is 18.6 Å². The topological polar surface area (TPSA) is 42.7 Å². The Bertz CT molecular complexity index is 565. The quantitative estimate of drug-likeness (QED) is 0.890. The number of hydrogen-bond acceptors (Lipinski definition) is 4. The van der Waals surface area contributed by atoms with Crippen molar-refractivity contribution in [3.63, 3.8) is 0 Å². The van der Waals surface area contributed by atoms with Crippen molar-refractivity contribution < 1.29 is 0 Å². The van der Waals surface area contributed by atoms with E-state index >= 15 is 0 Å². The summed E-state index contributed by atoms with van der Waals surface area (Å²) in [6.45, 7) is 13.8. The Balaban J connectivity index is 1.76. The molecule has 0 aliphatic heterocycles. The Morgan fingerprint density at radius 1 is 1.33 bits per heavy atom. The lowest BCUT2D eigenvalue weighted by Crippen LogP contribution is -2.23. The van der Waals surface area contributed by atoms with Crippen LogP contribution in [0.4, 0.5) is 0 Å². The van der Waals surface area contributed by atoms with Crippen molar-refractivity contribution >= 4 is 11.3 Å². The molecule has 116 valence electrons. The zero-order valence-corrected chi connectivity index (χ0v) is 14.5. The van der Waals surface area contributed by atoms with Crippen LogP contribution in [0.1, 0.15) is 43.4 Å². The van der Waals surface area contributed by atoms with Gasteiger partial charge in [-0.25, -0.2) is 9.97 Å². The molecule has 1 N–H and O–H groups in total. The van der Waals surface area contributed by atoms with Crippen molar-refractivity contribution in [2.75, 3.05) is 6.54 Å². The van der Waals surface area contributed by atoms with E-state index in [0.717, 1.165) is 25.5 Å². The summed E-state index contributed by atoms with van der Waals surface area (Å²) >= 11 is 1.81. The zero-order valence-electron chi connectivity index (χ0n) is 13.7. The van der Waals surface area contributed by atoms with Gasteiger partial charge in [0, 0.05) is 42.0 Å². The van der Waals surface area contributed by atoms with Crippen LogP contribution in [0.2, 0.25) is 0 Å². The van der Waals surface area contributed by atoms with Crippen LogP contribution < -0.4 is 5.32 Å². The van der Waals surface area contributed by atoms with E-state index in [1.165, 1.54) is 9.88 Å². The number of aromatic nitrogens is 3. The molecule has 2 heterocycles. The van der Waals surface area contributed by atoms with Gasteiger partial charge in [-0.15, -0.1) is 11.3 Å². The van der Waals surface area contributed by atoms with Crippen molar-refractivity contribution in [1.82, 2.24) is 19.9 Å². The minimum absolute atomic E-state index is 0.148. The molecule has 0 aliphatic carbocycles. The number of nitrogens with one attached hydrogen (secondary N) is 1. The fourth-order valence-electron chi connectivity index (χ4n) is 2.17. The second-order valence-electron chi connectivity index (χ2n) is 6.74. The number of aryl methyl sites for hydroxylation is 1. The molecule has 0 aliphatic rings. The van der Waals surface area contributed by atoms with Crippen LogP contribution in [0, 0.1) is 12.8 Å². The molecule has 0 spiro atoms. The summed E-state index contributed by atoms with van der Waals surface area (Å²) in [5.74, 6) is 1.66. The lowest BCUT2D eigenvalue weighted by atomic mass is 9.98. The third-order valence-corrected chi connectivity index (χ3v) is 4.84. The molecule has 0 bridgehead atoms. The largest absolute Gasteiger partial charge is 0.335 e. The number of rotatable bonds is 6. The fourth-order valence-corrected chi connectivity index (χ4v) is 3.11. The number of hydrogen-bond donors (Lipinski definition) is 1. The SMILES string of the molecule is Cc1nccn1CC(C)CNCc1cnc(C(C)(C)C)s1. The van der Waals surface area contributed by atoms with Crippen LogP contribution in [-0.2, 0) is 18.5 Å².